The van der Waals surface area contributed by atoms with Crippen LogP contribution in [0.25, 0.3) is 22.4 Å². The van der Waals surface area contributed by atoms with Gasteiger partial charge in [0.1, 0.15) is 11.6 Å². The van der Waals surface area contributed by atoms with Crippen molar-refractivity contribution in [1.82, 2.24) is 9.55 Å². The molecular weight excluding hydrogens is 252 g/mol. The molecule has 0 bridgehead atoms. The molecule has 3 aromatic rings. The van der Waals surface area contributed by atoms with Crippen LogP contribution in [0.1, 0.15) is 5.56 Å². The summed E-state index contributed by atoms with van der Waals surface area (Å²) >= 11 is 0. The van der Waals surface area contributed by atoms with E-state index in [-0.39, 0.29) is 12.4 Å². The lowest BCUT2D eigenvalue weighted by atomic mass is 10.1. The van der Waals surface area contributed by atoms with Gasteiger partial charge < -0.3 is 14.8 Å². The van der Waals surface area contributed by atoms with Crippen LogP contribution in [0, 0.1) is 6.92 Å². The maximum Gasteiger partial charge on any atom is 0.144 e. The molecule has 0 unspecified atom stereocenters. The Bertz CT molecular complexity index is 762. The molecule has 1 aromatic heterocycles. The second-order valence-corrected chi connectivity index (χ2v) is 4.77. The first kappa shape index (κ1) is 12.7. The highest BCUT2D eigenvalue weighted by molar-refractivity contribution is 5.82. The lowest BCUT2D eigenvalue weighted by Crippen LogP contribution is -2.04. The molecule has 4 heteroatoms. The Labute approximate surface area is 116 Å². The molecule has 102 valence electrons. The van der Waals surface area contributed by atoms with Gasteiger partial charge in [0.2, 0.25) is 0 Å². The summed E-state index contributed by atoms with van der Waals surface area (Å²) in [5.41, 5.74) is 3.31. The number of nitrogens with zero attached hydrogens (tertiary/aromatic N) is 2. The number of hydrogen-bond donors (Lipinski definition) is 2. The van der Waals surface area contributed by atoms with E-state index in [0.717, 1.165) is 16.6 Å². The van der Waals surface area contributed by atoms with Gasteiger partial charge in [0.05, 0.1) is 23.2 Å². The van der Waals surface area contributed by atoms with Crippen LogP contribution in [-0.4, -0.2) is 26.4 Å². The summed E-state index contributed by atoms with van der Waals surface area (Å²) in [6.45, 7) is 2.33. The molecule has 0 saturated carbocycles. The highest BCUT2D eigenvalue weighted by Crippen LogP contribution is 2.33. The number of fused-ring (bicyclic) bond motifs is 1. The van der Waals surface area contributed by atoms with Crippen LogP contribution in [0.3, 0.4) is 0 Å². The first-order chi connectivity index (χ1) is 9.72. The van der Waals surface area contributed by atoms with E-state index in [1.807, 2.05) is 54.0 Å². The predicted molar refractivity (Wildman–Crippen MR) is 78.7 cm³/mol. The molecule has 0 radical (unpaired) electrons. The summed E-state index contributed by atoms with van der Waals surface area (Å²) in [4.78, 5) is 4.60. The number of benzene rings is 2. The number of aliphatic hydroxyl groups is 1. The molecule has 0 aliphatic carbocycles. The Hall–Kier alpha value is -2.33. The third-order valence-corrected chi connectivity index (χ3v) is 3.46. The van der Waals surface area contributed by atoms with E-state index < -0.39 is 0 Å². The van der Waals surface area contributed by atoms with Crippen molar-refractivity contribution in [3.63, 3.8) is 0 Å². The number of aromatic nitrogens is 2. The normalized spacial score (nSPS) is 11.1. The first-order valence-electron chi connectivity index (χ1n) is 6.57. The number of hydrogen-bond acceptors (Lipinski definition) is 3. The van der Waals surface area contributed by atoms with E-state index in [1.54, 1.807) is 0 Å². The van der Waals surface area contributed by atoms with Crippen LogP contribution in [-0.2, 0) is 6.54 Å². The van der Waals surface area contributed by atoms with Gasteiger partial charge in [-0.3, -0.25) is 0 Å². The Morgan fingerprint density at radius 3 is 2.70 bits per heavy atom. The third-order valence-electron chi connectivity index (χ3n) is 3.46. The zero-order valence-electron chi connectivity index (χ0n) is 11.2. The van der Waals surface area contributed by atoms with E-state index in [1.165, 1.54) is 0 Å². The minimum Gasteiger partial charge on any atom is -0.507 e. The fourth-order valence-corrected chi connectivity index (χ4v) is 2.45. The van der Waals surface area contributed by atoms with Crippen molar-refractivity contribution in [1.29, 1.82) is 0 Å². The minimum atomic E-state index is 0.0277. The summed E-state index contributed by atoms with van der Waals surface area (Å²) in [5.74, 6) is 0.920. The standard InChI is InChI=1S/C16H16N2O2/c1-11-5-4-6-12(15(11)20)16-17-13-7-2-3-8-14(13)18(16)9-10-19/h2-8,19-20H,9-10H2,1H3. The van der Waals surface area contributed by atoms with E-state index in [4.69, 9.17) is 0 Å². The Morgan fingerprint density at radius 2 is 1.90 bits per heavy atom. The zero-order chi connectivity index (χ0) is 14.1. The van der Waals surface area contributed by atoms with Gasteiger partial charge in [-0.1, -0.05) is 24.3 Å². The van der Waals surface area contributed by atoms with Crippen LogP contribution in [0.5, 0.6) is 5.75 Å². The number of aryl methyl sites for hydroxylation is 1. The lowest BCUT2D eigenvalue weighted by Gasteiger charge is -2.10. The molecule has 0 saturated heterocycles. The van der Waals surface area contributed by atoms with Gasteiger partial charge in [0, 0.05) is 6.54 Å². The average molecular weight is 268 g/mol. The van der Waals surface area contributed by atoms with Crippen molar-refractivity contribution in [2.24, 2.45) is 0 Å². The first-order valence-corrected chi connectivity index (χ1v) is 6.57. The molecule has 0 atom stereocenters. The SMILES string of the molecule is Cc1cccc(-c2nc3ccccc3n2CCO)c1O. The average Bonchev–Trinajstić information content (AvgIpc) is 2.81. The highest BCUT2D eigenvalue weighted by Gasteiger charge is 2.15. The van der Waals surface area contributed by atoms with Crippen molar-refractivity contribution in [3.8, 4) is 17.1 Å². The van der Waals surface area contributed by atoms with Gasteiger partial charge in [0.15, 0.2) is 0 Å². The fraction of sp³-hybridized carbons (Fsp3) is 0.188. The third kappa shape index (κ3) is 1.94. The summed E-state index contributed by atoms with van der Waals surface area (Å²) in [6.07, 6.45) is 0. The molecule has 3 rings (SSSR count). The van der Waals surface area contributed by atoms with Crippen molar-refractivity contribution in [2.45, 2.75) is 13.5 Å². The molecule has 1 heterocycles. The van der Waals surface area contributed by atoms with Crippen LogP contribution in [0.15, 0.2) is 42.5 Å². The van der Waals surface area contributed by atoms with Gasteiger partial charge in [-0.25, -0.2) is 4.98 Å². The summed E-state index contributed by atoms with van der Waals surface area (Å²) in [6, 6.07) is 13.4. The molecule has 0 spiro atoms. The molecule has 2 aromatic carbocycles. The van der Waals surface area contributed by atoms with Gasteiger partial charge >= 0.3 is 0 Å². The Balaban J connectivity index is 2.29. The Morgan fingerprint density at radius 1 is 1.10 bits per heavy atom. The topological polar surface area (TPSA) is 58.3 Å². The van der Waals surface area contributed by atoms with Gasteiger partial charge in [-0.2, -0.15) is 0 Å². The monoisotopic (exact) mass is 268 g/mol. The van der Waals surface area contributed by atoms with Crippen LogP contribution in [0.2, 0.25) is 0 Å². The minimum absolute atomic E-state index is 0.0277. The smallest absolute Gasteiger partial charge is 0.144 e. The zero-order valence-corrected chi connectivity index (χ0v) is 11.2. The quantitative estimate of drug-likeness (QED) is 0.768. The number of phenolic OH excluding ortho intramolecular Hbond substituents is 1. The van der Waals surface area contributed by atoms with E-state index in [9.17, 15) is 10.2 Å². The van der Waals surface area contributed by atoms with Gasteiger partial charge in [-0.15, -0.1) is 0 Å². The van der Waals surface area contributed by atoms with E-state index >= 15 is 0 Å². The van der Waals surface area contributed by atoms with Crippen LogP contribution >= 0.6 is 0 Å². The van der Waals surface area contributed by atoms with E-state index in [0.29, 0.717) is 17.9 Å². The predicted octanol–water partition coefficient (Wildman–Crippen LogP) is 2.71. The van der Waals surface area contributed by atoms with Crippen molar-refractivity contribution in [2.75, 3.05) is 6.61 Å². The fourth-order valence-electron chi connectivity index (χ4n) is 2.45. The molecule has 0 aliphatic rings. The second kappa shape index (κ2) is 4.98. The summed E-state index contributed by atoms with van der Waals surface area (Å²) in [7, 11) is 0. The number of para-hydroxylation sites is 3. The molecule has 2 N–H and O–H groups in total. The van der Waals surface area contributed by atoms with Gasteiger partial charge in [-0.05, 0) is 30.7 Å². The molecule has 20 heavy (non-hydrogen) atoms. The summed E-state index contributed by atoms with van der Waals surface area (Å²) in [5, 5.41) is 19.5. The maximum absolute atomic E-state index is 10.3. The molecular formula is C16H16N2O2. The van der Waals surface area contributed by atoms with Gasteiger partial charge in [0.25, 0.3) is 0 Å². The largest absolute Gasteiger partial charge is 0.507 e. The van der Waals surface area contributed by atoms with Crippen molar-refractivity contribution in [3.05, 3.63) is 48.0 Å². The van der Waals surface area contributed by atoms with Crippen LogP contribution in [0.4, 0.5) is 0 Å². The Kier molecular flexibility index (Phi) is 3.16. The van der Waals surface area contributed by atoms with Crippen molar-refractivity contribution >= 4 is 11.0 Å². The number of aliphatic hydroxyl groups excluding tert-OH is 1. The summed E-state index contributed by atoms with van der Waals surface area (Å²) < 4.78 is 1.93. The lowest BCUT2D eigenvalue weighted by molar-refractivity contribution is 0.278. The molecule has 0 fully saturated rings. The molecule has 0 amide bonds. The highest BCUT2D eigenvalue weighted by atomic mass is 16.3. The number of aromatic hydroxyl groups is 1. The number of phenols is 1. The maximum atomic E-state index is 10.3. The molecule has 4 nitrogen and oxygen atoms in total. The van der Waals surface area contributed by atoms with E-state index in [2.05, 4.69) is 4.98 Å². The number of imidazole rings is 1. The molecule has 0 aliphatic heterocycles. The second-order valence-electron chi connectivity index (χ2n) is 4.77. The van der Waals surface area contributed by atoms with Crippen molar-refractivity contribution < 1.29 is 10.2 Å². The van der Waals surface area contributed by atoms with Crippen LogP contribution < -0.4 is 0 Å². The number of rotatable bonds is 3.